The standard InChI is InChI=1S/C13H16N4O/c1-8-4-9(2)12(15-6-8)13-16-10(7-14-3)5-11(18)17-13/h4-6,14H,7H2,1-3H3,(H,16,17,18). The Balaban J connectivity index is 2.53. The van der Waals surface area contributed by atoms with Gasteiger partial charge in [-0.05, 0) is 32.0 Å². The lowest BCUT2D eigenvalue weighted by atomic mass is 10.1. The normalized spacial score (nSPS) is 10.6. The molecule has 2 heterocycles. The Morgan fingerprint density at radius 2 is 2.11 bits per heavy atom. The third-order valence-corrected chi connectivity index (χ3v) is 2.59. The highest BCUT2D eigenvalue weighted by Gasteiger charge is 2.08. The summed E-state index contributed by atoms with van der Waals surface area (Å²) in [6, 6.07) is 3.51. The summed E-state index contributed by atoms with van der Waals surface area (Å²) in [7, 11) is 1.82. The van der Waals surface area contributed by atoms with E-state index in [9.17, 15) is 4.79 Å². The number of nitrogens with zero attached hydrogens (tertiary/aromatic N) is 2. The predicted molar refractivity (Wildman–Crippen MR) is 70.3 cm³/mol. The molecule has 0 atom stereocenters. The largest absolute Gasteiger partial charge is 0.314 e. The van der Waals surface area contributed by atoms with E-state index in [4.69, 9.17) is 0 Å². The molecule has 0 unspecified atom stereocenters. The minimum Gasteiger partial charge on any atom is -0.314 e. The smallest absolute Gasteiger partial charge is 0.251 e. The highest BCUT2D eigenvalue weighted by atomic mass is 16.1. The van der Waals surface area contributed by atoms with E-state index < -0.39 is 0 Å². The Kier molecular flexibility index (Phi) is 3.53. The number of hydrogen-bond donors (Lipinski definition) is 2. The van der Waals surface area contributed by atoms with Crippen molar-refractivity contribution in [2.24, 2.45) is 0 Å². The number of nitrogens with one attached hydrogen (secondary N) is 2. The van der Waals surface area contributed by atoms with Gasteiger partial charge in [-0.1, -0.05) is 6.07 Å². The maximum Gasteiger partial charge on any atom is 0.251 e. The number of H-pyrrole nitrogens is 1. The van der Waals surface area contributed by atoms with Gasteiger partial charge in [0, 0.05) is 18.8 Å². The summed E-state index contributed by atoms with van der Waals surface area (Å²) in [6.45, 7) is 4.50. The van der Waals surface area contributed by atoms with Gasteiger partial charge >= 0.3 is 0 Å². The number of hydrogen-bond acceptors (Lipinski definition) is 4. The predicted octanol–water partition coefficient (Wildman–Crippen LogP) is 1.17. The molecule has 0 aliphatic rings. The minimum absolute atomic E-state index is 0.160. The van der Waals surface area contributed by atoms with Gasteiger partial charge in [0.2, 0.25) is 0 Å². The quantitative estimate of drug-likeness (QED) is 0.850. The SMILES string of the molecule is CNCc1cc(=O)[nH]c(-c2ncc(C)cc2C)n1. The monoisotopic (exact) mass is 244 g/mol. The van der Waals surface area contributed by atoms with E-state index in [0.717, 1.165) is 16.8 Å². The zero-order valence-corrected chi connectivity index (χ0v) is 10.7. The summed E-state index contributed by atoms with van der Waals surface area (Å²) in [6.07, 6.45) is 1.77. The van der Waals surface area contributed by atoms with Crippen LogP contribution < -0.4 is 10.9 Å². The van der Waals surface area contributed by atoms with Crippen molar-refractivity contribution in [2.75, 3.05) is 7.05 Å². The molecule has 0 bridgehead atoms. The van der Waals surface area contributed by atoms with Crippen molar-refractivity contribution in [1.29, 1.82) is 0 Å². The van der Waals surface area contributed by atoms with Gasteiger partial charge in [0.25, 0.3) is 5.56 Å². The van der Waals surface area contributed by atoms with E-state index in [0.29, 0.717) is 18.1 Å². The van der Waals surface area contributed by atoms with E-state index >= 15 is 0 Å². The summed E-state index contributed by atoms with van der Waals surface area (Å²) in [5, 5.41) is 2.98. The fraction of sp³-hybridized carbons (Fsp3) is 0.308. The number of aryl methyl sites for hydroxylation is 2. The zero-order chi connectivity index (χ0) is 13.1. The van der Waals surface area contributed by atoms with Gasteiger partial charge < -0.3 is 10.3 Å². The number of aromatic amines is 1. The van der Waals surface area contributed by atoms with Crippen LogP contribution >= 0.6 is 0 Å². The van der Waals surface area contributed by atoms with Crippen LogP contribution in [-0.4, -0.2) is 22.0 Å². The topological polar surface area (TPSA) is 70.7 Å². The summed E-state index contributed by atoms with van der Waals surface area (Å²) in [4.78, 5) is 23.1. The molecule has 0 saturated heterocycles. The summed E-state index contributed by atoms with van der Waals surface area (Å²) < 4.78 is 0. The third kappa shape index (κ3) is 2.62. The van der Waals surface area contributed by atoms with Crippen LogP contribution in [0.2, 0.25) is 0 Å². The first kappa shape index (κ1) is 12.4. The maximum absolute atomic E-state index is 11.6. The molecule has 0 fully saturated rings. The zero-order valence-electron chi connectivity index (χ0n) is 10.7. The molecule has 0 radical (unpaired) electrons. The van der Waals surface area contributed by atoms with Crippen LogP contribution in [0.15, 0.2) is 23.1 Å². The molecular formula is C13H16N4O. The second-order valence-electron chi connectivity index (χ2n) is 4.29. The molecule has 5 heteroatoms. The molecule has 2 aromatic heterocycles. The summed E-state index contributed by atoms with van der Waals surface area (Å²) in [5.41, 5.74) is 3.35. The van der Waals surface area contributed by atoms with Gasteiger partial charge in [0.05, 0.1) is 5.69 Å². The summed E-state index contributed by atoms with van der Waals surface area (Å²) >= 11 is 0. The average Bonchev–Trinajstić information content (AvgIpc) is 2.28. The van der Waals surface area contributed by atoms with Crippen molar-refractivity contribution in [2.45, 2.75) is 20.4 Å². The molecule has 5 nitrogen and oxygen atoms in total. The first-order valence-electron chi connectivity index (χ1n) is 5.78. The number of pyridine rings is 1. The van der Waals surface area contributed by atoms with E-state index in [1.165, 1.54) is 6.07 Å². The van der Waals surface area contributed by atoms with Crippen molar-refractivity contribution in [3.63, 3.8) is 0 Å². The molecule has 18 heavy (non-hydrogen) atoms. The second-order valence-corrected chi connectivity index (χ2v) is 4.29. The van der Waals surface area contributed by atoms with Crippen LogP contribution in [0, 0.1) is 13.8 Å². The lowest BCUT2D eigenvalue weighted by Gasteiger charge is -2.06. The van der Waals surface area contributed by atoms with Crippen molar-refractivity contribution >= 4 is 0 Å². The Morgan fingerprint density at radius 1 is 1.33 bits per heavy atom. The number of rotatable bonds is 3. The van der Waals surface area contributed by atoms with Crippen molar-refractivity contribution < 1.29 is 0 Å². The van der Waals surface area contributed by atoms with Crippen LogP contribution in [0.1, 0.15) is 16.8 Å². The Hall–Kier alpha value is -2.01. The molecular weight excluding hydrogens is 228 g/mol. The Bertz CT molecular complexity index is 619. The lowest BCUT2D eigenvalue weighted by Crippen LogP contribution is -2.15. The van der Waals surface area contributed by atoms with E-state index in [-0.39, 0.29) is 5.56 Å². The van der Waals surface area contributed by atoms with E-state index in [1.54, 1.807) is 6.20 Å². The van der Waals surface area contributed by atoms with E-state index in [2.05, 4.69) is 20.3 Å². The molecule has 0 amide bonds. The highest BCUT2D eigenvalue weighted by molar-refractivity contribution is 5.54. The molecule has 0 spiro atoms. The van der Waals surface area contributed by atoms with Gasteiger partial charge in [-0.2, -0.15) is 0 Å². The molecule has 0 saturated carbocycles. The maximum atomic E-state index is 11.6. The molecule has 0 aliphatic heterocycles. The Labute approximate surface area is 105 Å². The Morgan fingerprint density at radius 3 is 2.78 bits per heavy atom. The van der Waals surface area contributed by atoms with Crippen LogP contribution in [0.5, 0.6) is 0 Å². The summed E-state index contributed by atoms with van der Waals surface area (Å²) in [5.74, 6) is 0.519. The molecule has 0 aliphatic carbocycles. The molecule has 94 valence electrons. The van der Waals surface area contributed by atoms with Gasteiger partial charge in [-0.3, -0.25) is 9.78 Å². The van der Waals surface area contributed by atoms with Crippen LogP contribution in [0.3, 0.4) is 0 Å². The van der Waals surface area contributed by atoms with Crippen LogP contribution in [0.25, 0.3) is 11.5 Å². The van der Waals surface area contributed by atoms with Crippen molar-refractivity contribution in [3.8, 4) is 11.5 Å². The minimum atomic E-state index is -0.160. The molecule has 0 aromatic carbocycles. The van der Waals surface area contributed by atoms with Crippen LogP contribution in [0.4, 0.5) is 0 Å². The van der Waals surface area contributed by atoms with Gasteiger partial charge in [0.1, 0.15) is 5.69 Å². The average molecular weight is 244 g/mol. The van der Waals surface area contributed by atoms with Crippen LogP contribution in [-0.2, 0) is 6.54 Å². The third-order valence-electron chi connectivity index (χ3n) is 2.59. The van der Waals surface area contributed by atoms with Gasteiger partial charge in [-0.15, -0.1) is 0 Å². The molecule has 2 N–H and O–H groups in total. The molecule has 2 rings (SSSR count). The fourth-order valence-corrected chi connectivity index (χ4v) is 1.85. The fourth-order valence-electron chi connectivity index (χ4n) is 1.85. The lowest BCUT2D eigenvalue weighted by molar-refractivity contribution is 0.784. The van der Waals surface area contributed by atoms with Gasteiger partial charge in [-0.25, -0.2) is 4.98 Å². The first-order chi connectivity index (χ1) is 8.60. The number of aromatic nitrogens is 3. The highest BCUT2D eigenvalue weighted by Crippen LogP contribution is 2.16. The van der Waals surface area contributed by atoms with Gasteiger partial charge in [0.15, 0.2) is 5.82 Å². The first-order valence-corrected chi connectivity index (χ1v) is 5.78. The van der Waals surface area contributed by atoms with E-state index in [1.807, 2.05) is 27.0 Å². The molecule has 2 aromatic rings. The van der Waals surface area contributed by atoms with Crippen molar-refractivity contribution in [3.05, 3.63) is 45.5 Å². The van der Waals surface area contributed by atoms with Crippen molar-refractivity contribution in [1.82, 2.24) is 20.3 Å². The second kappa shape index (κ2) is 5.10.